The lowest BCUT2D eigenvalue weighted by Gasteiger charge is -2.18. The normalized spacial score (nSPS) is 11.4. The van der Waals surface area contributed by atoms with Gasteiger partial charge in [-0.3, -0.25) is 0 Å². The zero-order valence-electron chi connectivity index (χ0n) is 19.3. The van der Waals surface area contributed by atoms with E-state index in [9.17, 15) is 0 Å². The maximum atomic E-state index is 6.29. The van der Waals surface area contributed by atoms with E-state index in [1.54, 1.807) is 6.07 Å². The van der Waals surface area contributed by atoms with Crippen molar-refractivity contribution in [1.82, 2.24) is 14.9 Å². The third kappa shape index (κ3) is 6.00. The molecule has 0 spiro atoms. The van der Waals surface area contributed by atoms with Crippen LogP contribution in [-0.4, -0.2) is 41.0 Å². The average Bonchev–Trinajstić information content (AvgIpc) is 2.83. The van der Waals surface area contributed by atoms with E-state index >= 15 is 0 Å². The molecule has 0 amide bonds. The first-order valence-electron chi connectivity index (χ1n) is 11.5. The smallest absolute Gasteiger partial charge is 0.162 e. The summed E-state index contributed by atoms with van der Waals surface area (Å²) in [6, 6.07) is 19.3. The predicted octanol–water partition coefficient (Wildman–Crippen LogP) is 8.07. The van der Waals surface area contributed by atoms with E-state index < -0.39 is 0 Å². The Hall–Kier alpha value is -2.37. The van der Waals surface area contributed by atoms with Gasteiger partial charge in [-0.05, 0) is 79.6 Å². The van der Waals surface area contributed by atoms with Crippen LogP contribution in [0.1, 0.15) is 20.3 Å². The molecule has 1 aromatic heterocycles. The van der Waals surface area contributed by atoms with E-state index in [0.29, 0.717) is 20.9 Å². The second kappa shape index (κ2) is 11.4. The van der Waals surface area contributed by atoms with Crippen molar-refractivity contribution in [3.05, 3.63) is 75.7 Å². The molecule has 0 saturated heterocycles. The fourth-order valence-corrected chi connectivity index (χ4v) is 4.67. The number of nitrogens with one attached hydrogen (secondary N) is 1. The lowest BCUT2D eigenvalue weighted by atomic mass is 10.0. The van der Waals surface area contributed by atoms with Crippen LogP contribution in [-0.2, 0) is 0 Å². The van der Waals surface area contributed by atoms with Gasteiger partial charge in [-0.15, -0.1) is 0 Å². The van der Waals surface area contributed by atoms with E-state index in [1.807, 2.05) is 48.5 Å². The van der Waals surface area contributed by atoms with Crippen LogP contribution in [0.5, 0.6) is 0 Å². The molecule has 0 aliphatic heterocycles. The predicted molar refractivity (Wildman–Crippen MR) is 146 cm³/mol. The number of halogens is 3. The molecule has 4 rings (SSSR count). The third-order valence-corrected chi connectivity index (χ3v) is 6.49. The molecule has 7 heteroatoms. The Labute approximate surface area is 215 Å². The van der Waals surface area contributed by atoms with Crippen molar-refractivity contribution < 1.29 is 0 Å². The molecule has 0 aliphatic rings. The number of benzene rings is 3. The van der Waals surface area contributed by atoms with Crippen LogP contribution >= 0.6 is 34.8 Å². The van der Waals surface area contributed by atoms with Gasteiger partial charge in [0.15, 0.2) is 5.82 Å². The molecule has 0 radical (unpaired) electrons. The zero-order valence-corrected chi connectivity index (χ0v) is 21.6. The molecule has 1 N–H and O–H groups in total. The number of hydrogen-bond donors (Lipinski definition) is 1. The molecule has 0 saturated carbocycles. The van der Waals surface area contributed by atoms with E-state index in [1.165, 1.54) is 0 Å². The molecule has 0 aliphatic carbocycles. The van der Waals surface area contributed by atoms with Gasteiger partial charge in [0.25, 0.3) is 0 Å². The molecular weight excluding hydrogens is 487 g/mol. The first kappa shape index (κ1) is 24.7. The molecule has 34 heavy (non-hydrogen) atoms. The SMILES string of the molecule is CCN(CC)CCCNc1nc(-c2cccc(-c3cc(Cl)cc(Cl)c3)c2)nc2cc(Cl)ccc12. The van der Waals surface area contributed by atoms with Crippen LogP contribution in [0.15, 0.2) is 60.7 Å². The molecule has 3 aromatic carbocycles. The summed E-state index contributed by atoms with van der Waals surface area (Å²) in [5, 5.41) is 6.32. The molecule has 176 valence electrons. The lowest BCUT2D eigenvalue weighted by Crippen LogP contribution is -2.25. The number of rotatable bonds is 9. The summed E-state index contributed by atoms with van der Waals surface area (Å²) in [7, 11) is 0. The van der Waals surface area contributed by atoms with E-state index in [4.69, 9.17) is 44.8 Å². The van der Waals surface area contributed by atoms with Crippen molar-refractivity contribution in [2.75, 3.05) is 31.5 Å². The van der Waals surface area contributed by atoms with Gasteiger partial charge >= 0.3 is 0 Å². The highest BCUT2D eigenvalue weighted by Crippen LogP contribution is 2.31. The van der Waals surface area contributed by atoms with Gasteiger partial charge in [-0.1, -0.05) is 66.8 Å². The highest BCUT2D eigenvalue weighted by Gasteiger charge is 2.12. The highest BCUT2D eigenvalue weighted by molar-refractivity contribution is 6.35. The molecule has 4 aromatic rings. The van der Waals surface area contributed by atoms with Gasteiger partial charge in [-0.2, -0.15) is 0 Å². The Bertz CT molecular complexity index is 1270. The largest absolute Gasteiger partial charge is 0.369 e. The standard InChI is InChI=1S/C27H27Cl3N4/c1-3-34(4-2)12-6-11-31-27-24-10-9-21(28)17-25(24)32-26(33-27)19-8-5-7-18(13-19)20-14-22(29)16-23(30)15-20/h5,7-10,13-17H,3-4,6,11-12H2,1-2H3,(H,31,32,33). The van der Waals surface area contributed by atoms with Crippen molar-refractivity contribution in [3.63, 3.8) is 0 Å². The van der Waals surface area contributed by atoms with Crippen molar-refractivity contribution in [2.45, 2.75) is 20.3 Å². The minimum absolute atomic E-state index is 0.598. The number of nitrogens with zero attached hydrogens (tertiary/aromatic N) is 3. The highest BCUT2D eigenvalue weighted by atomic mass is 35.5. The monoisotopic (exact) mass is 512 g/mol. The summed E-state index contributed by atoms with van der Waals surface area (Å²) < 4.78 is 0. The third-order valence-electron chi connectivity index (χ3n) is 5.81. The van der Waals surface area contributed by atoms with Gasteiger partial charge in [0, 0.05) is 32.6 Å². The summed E-state index contributed by atoms with van der Waals surface area (Å²) in [5.41, 5.74) is 3.64. The second-order valence-electron chi connectivity index (χ2n) is 8.10. The number of fused-ring (bicyclic) bond motifs is 1. The van der Waals surface area contributed by atoms with Gasteiger partial charge in [0.2, 0.25) is 0 Å². The van der Waals surface area contributed by atoms with Gasteiger partial charge in [0.05, 0.1) is 5.52 Å². The Morgan fingerprint density at radius 3 is 2.24 bits per heavy atom. The van der Waals surface area contributed by atoms with Crippen LogP contribution in [0.2, 0.25) is 15.1 Å². The van der Waals surface area contributed by atoms with E-state index in [-0.39, 0.29) is 0 Å². The van der Waals surface area contributed by atoms with Crippen molar-refractivity contribution in [2.24, 2.45) is 0 Å². The molecule has 1 heterocycles. The van der Waals surface area contributed by atoms with Crippen LogP contribution in [0.4, 0.5) is 5.82 Å². The molecule has 4 nitrogen and oxygen atoms in total. The summed E-state index contributed by atoms with van der Waals surface area (Å²) in [4.78, 5) is 12.1. The zero-order chi connectivity index (χ0) is 24.1. The van der Waals surface area contributed by atoms with E-state index in [0.717, 1.165) is 66.0 Å². The minimum atomic E-state index is 0.598. The molecule has 0 bridgehead atoms. The summed E-state index contributed by atoms with van der Waals surface area (Å²) in [5.74, 6) is 1.45. The second-order valence-corrected chi connectivity index (χ2v) is 9.41. The topological polar surface area (TPSA) is 41.0 Å². The molecule has 0 unspecified atom stereocenters. The number of aromatic nitrogens is 2. The first-order valence-corrected chi connectivity index (χ1v) is 12.6. The maximum absolute atomic E-state index is 6.29. The quantitative estimate of drug-likeness (QED) is 0.230. The molecular formula is C27H27Cl3N4. The van der Waals surface area contributed by atoms with Crippen LogP contribution in [0.25, 0.3) is 33.4 Å². The Kier molecular flexibility index (Phi) is 8.28. The summed E-state index contributed by atoms with van der Waals surface area (Å²) >= 11 is 18.7. The van der Waals surface area contributed by atoms with Crippen LogP contribution < -0.4 is 5.32 Å². The van der Waals surface area contributed by atoms with Gasteiger partial charge < -0.3 is 10.2 Å². The Balaban J connectivity index is 1.67. The van der Waals surface area contributed by atoms with Crippen LogP contribution in [0.3, 0.4) is 0 Å². The fraction of sp³-hybridized carbons (Fsp3) is 0.259. The molecule has 0 atom stereocenters. The van der Waals surface area contributed by atoms with Gasteiger partial charge in [-0.25, -0.2) is 9.97 Å². The van der Waals surface area contributed by atoms with Crippen molar-refractivity contribution >= 4 is 51.5 Å². The number of anilines is 1. The summed E-state index contributed by atoms with van der Waals surface area (Å²) in [6.07, 6.45) is 1.03. The average molecular weight is 514 g/mol. The number of hydrogen-bond acceptors (Lipinski definition) is 4. The summed E-state index contributed by atoms with van der Waals surface area (Å²) in [6.45, 7) is 8.37. The maximum Gasteiger partial charge on any atom is 0.162 e. The minimum Gasteiger partial charge on any atom is -0.369 e. The fourth-order valence-electron chi connectivity index (χ4n) is 3.97. The van der Waals surface area contributed by atoms with Gasteiger partial charge in [0.1, 0.15) is 5.82 Å². The first-order chi connectivity index (χ1) is 16.5. The molecule has 0 fully saturated rings. The Morgan fingerprint density at radius 2 is 1.50 bits per heavy atom. The lowest BCUT2D eigenvalue weighted by molar-refractivity contribution is 0.303. The van der Waals surface area contributed by atoms with Crippen LogP contribution in [0, 0.1) is 0 Å². The van der Waals surface area contributed by atoms with Crippen molar-refractivity contribution in [3.8, 4) is 22.5 Å². The Morgan fingerprint density at radius 1 is 0.765 bits per heavy atom. The van der Waals surface area contributed by atoms with Crippen molar-refractivity contribution in [1.29, 1.82) is 0 Å². The van der Waals surface area contributed by atoms with E-state index in [2.05, 4.69) is 30.1 Å².